The van der Waals surface area contributed by atoms with Crippen LogP contribution in [0.25, 0.3) is 0 Å². The predicted octanol–water partition coefficient (Wildman–Crippen LogP) is 3.46. The molecule has 1 aromatic rings. The zero-order valence-electron chi connectivity index (χ0n) is 26.3. The molecule has 1 aromatic carbocycles. The molecule has 2 bridgehead atoms. The van der Waals surface area contributed by atoms with Crippen molar-refractivity contribution in [1.82, 2.24) is 15.1 Å². The second-order valence-electron chi connectivity index (χ2n) is 12.9. The minimum Gasteiger partial charge on any atom is -0.460 e. The number of hydrogen-bond acceptors (Lipinski definition) is 7. The number of amides is 3. The maximum Gasteiger partial charge on any atom is 0.312 e. The van der Waals surface area contributed by atoms with E-state index in [-0.39, 0.29) is 30.3 Å². The minimum atomic E-state index is -1.22. The Labute approximate surface area is 265 Å². The van der Waals surface area contributed by atoms with Crippen molar-refractivity contribution in [3.8, 4) is 0 Å². The average molecular weight is 622 g/mol. The largest absolute Gasteiger partial charge is 0.460 e. The molecule has 1 aliphatic carbocycles. The summed E-state index contributed by atoms with van der Waals surface area (Å²) < 4.78 is 12.4. The molecule has 3 saturated heterocycles. The van der Waals surface area contributed by atoms with E-state index >= 15 is 0 Å². The van der Waals surface area contributed by atoms with Gasteiger partial charge in [-0.2, -0.15) is 0 Å². The van der Waals surface area contributed by atoms with Crippen LogP contribution < -0.4 is 5.32 Å². The summed E-state index contributed by atoms with van der Waals surface area (Å²) in [5.74, 6) is -3.17. The molecule has 4 fully saturated rings. The lowest BCUT2D eigenvalue weighted by Crippen LogP contribution is -2.59. The van der Waals surface area contributed by atoms with Crippen LogP contribution in [0.3, 0.4) is 0 Å². The number of carbonyl (C=O) groups excluding carboxylic acids is 4. The normalized spacial score (nSPS) is 28.7. The summed E-state index contributed by atoms with van der Waals surface area (Å²) in [6.07, 6.45) is 8.90. The van der Waals surface area contributed by atoms with Gasteiger partial charge in [-0.15, -0.1) is 13.2 Å². The Kier molecular flexibility index (Phi) is 10.4. The third-order valence-corrected chi connectivity index (χ3v) is 10.0. The van der Waals surface area contributed by atoms with Crippen molar-refractivity contribution < 1.29 is 33.8 Å². The fourth-order valence-corrected chi connectivity index (χ4v) is 8.01. The van der Waals surface area contributed by atoms with E-state index in [2.05, 4.69) is 18.5 Å². The summed E-state index contributed by atoms with van der Waals surface area (Å²) in [5, 5.41) is 13.5. The topological polar surface area (TPSA) is 125 Å². The Morgan fingerprint density at radius 2 is 1.89 bits per heavy atom. The Morgan fingerprint density at radius 1 is 1.16 bits per heavy atom. The van der Waals surface area contributed by atoms with Crippen LogP contribution in [0.4, 0.5) is 0 Å². The van der Waals surface area contributed by atoms with Gasteiger partial charge in [0.25, 0.3) is 0 Å². The van der Waals surface area contributed by atoms with Gasteiger partial charge in [-0.3, -0.25) is 19.2 Å². The van der Waals surface area contributed by atoms with Crippen LogP contribution in [0.2, 0.25) is 0 Å². The number of esters is 1. The Hall–Kier alpha value is -3.50. The van der Waals surface area contributed by atoms with E-state index in [9.17, 15) is 24.3 Å². The lowest BCUT2D eigenvalue weighted by Gasteiger charge is -2.42. The third-order valence-electron chi connectivity index (χ3n) is 10.0. The second-order valence-corrected chi connectivity index (χ2v) is 12.9. The highest BCUT2D eigenvalue weighted by molar-refractivity contribution is 5.98. The number of aliphatic hydroxyl groups excluding tert-OH is 1. The van der Waals surface area contributed by atoms with E-state index in [1.54, 1.807) is 19.1 Å². The third kappa shape index (κ3) is 6.31. The number of carbonyl (C=O) groups is 4. The van der Waals surface area contributed by atoms with Crippen LogP contribution in [-0.4, -0.2) is 88.2 Å². The highest BCUT2D eigenvalue weighted by Crippen LogP contribution is 2.60. The molecule has 0 aromatic heterocycles. The van der Waals surface area contributed by atoms with Crippen LogP contribution in [0.5, 0.6) is 0 Å². The summed E-state index contributed by atoms with van der Waals surface area (Å²) >= 11 is 0. The van der Waals surface area contributed by atoms with Crippen molar-refractivity contribution in [2.45, 2.75) is 101 Å². The fourth-order valence-electron chi connectivity index (χ4n) is 8.01. The SMILES string of the molecule is C=CCCC(=O)NC[C@H](C)OC(=O)[C@@H]1[C@@H]2CC[C@]3(O2)[C@H](C(=O)N(CC=C)C2CCCCC2)N([C@H](CO)c2ccccc2)C(=O)[C@@H]13. The molecule has 3 amide bonds. The molecule has 10 heteroatoms. The van der Waals surface area contributed by atoms with Crippen molar-refractivity contribution in [3.05, 3.63) is 61.2 Å². The van der Waals surface area contributed by atoms with Crippen molar-refractivity contribution in [2.24, 2.45) is 11.8 Å². The second kappa shape index (κ2) is 14.3. The summed E-state index contributed by atoms with van der Waals surface area (Å²) in [4.78, 5) is 58.6. The monoisotopic (exact) mass is 621 g/mol. The maximum absolute atomic E-state index is 14.8. The van der Waals surface area contributed by atoms with Crippen molar-refractivity contribution in [2.75, 3.05) is 19.7 Å². The number of nitrogens with zero attached hydrogens (tertiary/aromatic N) is 2. The number of allylic oxidation sites excluding steroid dienone is 1. The van der Waals surface area contributed by atoms with E-state index in [0.717, 1.165) is 32.1 Å². The molecule has 45 heavy (non-hydrogen) atoms. The lowest BCUT2D eigenvalue weighted by atomic mass is 9.70. The molecule has 2 N–H and O–H groups in total. The highest BCUT2D eigenvalue weighted by Gasteiger charge is 2.76. The van der Waals surface area contributed by atoms with Gasteiger partial charge in [0.1, 0.15) is 17.7 Å². The van der Waals surface area contributed by atoms with Gasteiger partial charge in [-0.1, -0.05) is 61.7 Å². The molecule has 5 rings (SSSR count). The number of aliphatic hydroxyl groups is 1. The number of ether oxygens (including phenoxy) is 2. The predicted molar refractivity (Wildman–Crippen MR) is 167 cm³/mol. The Balaban J connectivity index is 1.46. The van der Waals surface area contributed by atoms with Crippen LogP contribution >= 0.6 is 0 Å². The van der Waals surface area contributed by atoms with E-state index in [1.165, 1.54) is 4.90 Å². The maximum atomic E-state index is 14.8. The van der Waals surface area contributed by atoms with E-state index < -0.39 is 54.3 Å². The number of likely N-dealkylation sites (tertiary alicyclic amines) is 1. The summed E-state index contributed by atoms with van der Waals surface area (Å²) in [5.41, 5.74) is -0.522. The molecule has 3 aliphatic heterocycles. The fraction of sp³-hybridized carbons (Fsp3) is 0.600. The quantitative estimate of drug-likeness (QED) is 0.241. The van der Waals surface area contributed by atoms with Gasteiger partial charge in [0.15, 0.2) is 0 Å². The molecule has 1 spiro atoms. The van der Waals surface area contributed by atoms with Gasteiger partial charge < -0.3 is 29.7 Å². The van der Waals surface area contributed by atoms with Gasteiger partial charge in [0.2, 0.25) is 17.7 Å². The number of nitrogens with one attached hydrogen (secondary N) is 1. The van der Waals surface area contributed by atoms with Crippen LogP contribution in [0.1, 0.15) is 76.3 Å². The van der Waals surface area contributed by atoms with Crippen LogP contribution in [0, 0.1) is 11.8 Å². The molecular weight excluding hydrogens is 574 g/mol. The Bertz CT molecular complexity index is 1260. The van der Waals surface area contributed by atoms with Crippen molar-refractivity contribution in [1.29, 1.82) is 0 Å². The molecule has 1 saturated carbocycles. The van der Waals surface area contributed by atoms with Crippen LogP contribution in [0.15, 0.2) is 55.6 Å². The van der Waals surface area contributed by atoms with Crippen molar-refractivity contribution >= 4 is 23.7 Å². The lowest BCUT2D eigenvalue weighted by molar-refractivity contribution is -0.160. The molecule has 10 nitrogen and oxygen atoms in total. The Morgan fingerprint density at radius 3 is 2.56 bits per heavy atom. The van der Waals surface area contributed by atoms with Gasteiger partial charge in [-0.25, -0.2) is 0 Å². The van der Waals surface area contributed by atoms with E-state index in [0.29, 0.717) is 37.8 Å². The summed E-state index contributed by atoms with van der Waals surface area (Å²) in [6, 6.07) is 7.39. The van der Waals surface area contributed by atoms with Gasteiger partial charge >= 0.3 is 5.97 Å². The van der Waals surface area contributed by atoms with Gasteiger partial charge in [0, 0.05) is 19.0 Å². The van der Waals surface area contributed by atoms with E-state index in [1.807, 2.05) is 35.2 Å². The number of benzene rings is 1. The first kappa shape index (κ1) is 32.9. The molecule has 244 valence electrons. The first-order chi connectivity index (χ1) is 21.8. The van der Waals surface area contributed by atoms with Crippen molar-refractivity contribution in [3.63, 3.8) is 0 Å². The smallest absolute Gasteiger partial charge is 0.312 e. The van der Waals surface area contributed by atoms with Gasteiger partial charge in [0.05, 0.1) is 37.1 Å². The molecule has 0 radical (unpaired) electrons. The number of fused-ring (bicyclic) bond motifs is 1. The molecule has 7 atom stereocenters. The summed E-state index contributed by atoms with van der Waals surface area (Å²) in [7, 11) is 0. The number of rotatable bonds is 14. The average Bonchev–Trinajstić information content (AvgIpc) is 3.70. The summed E-state index contributed by atoms with van der Waals surface area (Å²) in [6.45, 7) is 9.31. The zero-order chi connectivity index (χ0) is 32.1. The molecule has 4 aliphatic rings. The molecule has 3 heterocycles. The zero-order valence-corrected chi connectivity index (χ0v) is 26.3. The van der Waals surface area contributed by atoms with E-state index in [4.69, 9.17) is 9.47 Å². The molecular formula is C35H47N3O7. The first-order valence-corrected chi connectivity index (χ1v) is 16.4. The highest BCUT2D eigenvalue weighted by atomic mass is 16.6. The van der Waals surface area contributed by atoms with Gasteiger partial charge in [-0.05, 0) is 44.6 Å². The molecule has 0 unspecified atom stereocenters. The van der Waals surface area contributed by atoms with Crippen LogP contribution in [-0.2, 0) is 28.7 Å². The standard InChI is InChI=1S/C35H47N3O7/c1-4-6-17-28(40)36-21-23(3)44-34(43)29-27-18-19-35(45-27)30(29)32(41)38(26(22-39)24-13-9-7-10-14-24)31(35)33(42)37(20-5-2)25-15-11-8-12-16-25/h4-5,7,9-10,13-14,23,25-27,29-31,39H,1-2,6,8,11-12,15-22H2,3H3,(H,36,40)/t23-,26+,27-,29+,30+,31-,35+/m0/s1. The minimum absolute atomic E-state index is 0.0165. The first-order valence-electron chi connectivity index (χ1n) is 16.4. The number of hydrogen-bond donors (Lipinski definition) is 2.